The Hall–Kier alpha value is -2.18. The van der Waals surface area contributed by atoms with Crippen LogP contribution in [0.5, 0.6) is 0 Å². The Morgan fingerprint density at radius 2 is 2.28 bits per heavy atom. The molecule has 7 nitrogen and oxygen atoms in total. The van der Waals surface area contributed by atoms with Gasteiger partial charge >= 0.3 is 5.97 Å². The van der Waals surface area contributed by atoms with E-state index in [1.165, 1.54) is 7.11 Å². The van der Waals surface area contributed by atoms with Gasteiger partial charge in [-0.3, -0.25) is 9.48 Å². The van der Waals surface area contributed by atoms with Crippen LogP contribution in [0.15, 0.2) is 10.6 Å². The highest BCUT2D eigenvalue weighted by Gasteiger charge is 2.16. The predicted molar refractivity (Wildman–Crippen MR) is 61.7 cm³/mol. The monoisotopic (exact) mass is 250 g/mol. The first-order chi connectivity index (χ1) is 8.65. The second-order valence-electron chi connectivity index (χ2n) is 3.71. The van der Waals surface area contributed by atoms with E-state index in [4.69, 9.17) is 4.42 Å². The van der Waals surface area contributed by atoms with Gasteiger partial charge in [-0.05, 0) is 13.8 Å². The van der Waals surface area contributed by atoms with Crippen LogP contribution in [0.25, 0.3) is 11.5 Å². The molecule has 0 aliphatic rings. The third-order valence-electron chi connectivity index (χ3n) is 2.62. The Labute approximate surface area is 104 Å². The van der Waals surface area contributed by atoms with E-state index in [-0.39, 0.29) is 12.3 Å². The van der Waals surface area contributed by atoms with Crippen LogP contribution in [0.4, 0.5) is 0 Å². The number of nitrogens with zero attached hydrogens (tertiary/aromatic N) is 4. The minimum Gasteiger partial charge on any atom is -0.469 e. The molecule has 18 heavy (non-hydrogen) atoms. The number of aryl methyl sites for hydroxylation is 1. The van der Waals surface area contributed by atoms with Crippen molar-refractivity contribution < 1.29 is 13.9 Å². The highest BCUT2D eigenvalue weighted by atomic mass is 16.5. The van der Waals surface area contributed by atoms with Gasteiger partial charge in [0, 0.05) is 12.2 Å². The van der Waals surface area contributed by atoms with Crippen molar-refractivity contribution >= 4 is 5.97 Å². The number of aromatic nitrogens is 4. The zero-order chi connectivity index (χ0) is 13.1. The van der Waals surface area contributed by atoms with Crippen molar-refractivity contribution in [3.05, 3.63) is 17.8 Å². The SMILES string of the molecule is CCn1ncc(-c2nnc(CC(=O)OC)o2)c1C. The molecule has 0 aliphatic carbocycles. The van der Waals surface area contributed by atoms with Crippen molar-refractivity contribution in [2.75, 3.05) is 7.11 Å². The summed E-state index contributed by atoms with van der Waals surface area (Å²) in [6.45, 7) is 4.70. The van der Waals surface area contributed by atoms with Crippen LogP contribution in [-0.2, 0) is 22.5 Å². The maximum atomic E-state index is 11.1. The molecule has 0 N–H and O–H groups in total. The zero-order valence-corrected chi connectivity index (χ0v) is 10.5. The van der Waals surface area contributed by atoms with Gasteiger partial charge in [0.05, 0.1) is 18.9 Å². The first-order valence-electron chi connectivity index (χ1n) is 5.57. The highest BCUT2D eigenvalue weighted by molar-refractivity contribution is 5.71. The number of methoxy groups -OCH3 is 1. The minimum absolute atomic E-state index is 0.0234. The number of carbonyl (C=O) groups is 1. The maximum absolute atomic E-state index is 11.1. The molecule has 0 bridgehead atoms. The minimum atomic E-state index is -0.411. The van der Waals surface area contributed by atoms with Crippen LogP contribution < -0.4 is 0 Å². The molecule has 0 unspecified atom stereocenters. The summed E-state index contributed by atoms with van der Waals surface area (Å²) in [6, 6.07) is 0. The van der Waals surface area contributed by atoms with Crippen LogP contribution >= 0.6 is 0 Å². The molecule has 2 rings (SSSR count). The Bertz CT molecular complexity index is 558. The fourth-order valence-corrected chi connectivity index (χ4v) is 1.60. The molecule has 2 aromatic rings. The summed E-state index contributed by atoms with van der Waals surface area (Å²) in [4.78, 5) is 11.1. The summed E-state index contributed by atoms with van der Waals surface area (Å²) in [6.07, 6.45) is 1.65. The van der Waals surface area contributed by atoms with E-state index in [0.717, 1.165) is 17.8 Å². The van der Waals surface area contributed by atoms with Crippen molar-refractivity contribution in [2.45, 2.75) is 26.8 Å². The smallest absolute Gasteiger partial charge is 0.315 e. The summed E-state index contributed by atoms with van der Waals surface area (Å²) in [5.41, 5.74) is 1.73. The van der Waals surface area contributed by atoms with Gasteiger partial charge in [-0.1, -0.05) is 0 Å². The van der Waals surface area contributed by atoms with Crippen LogP contribution in [0, 0.1) is 6.92 Å². The van der Waals surface area contributed by atoms with Crippen molar-refractivity contribution in [3.63, 3.8) is 0 Å². The third-order valence-corrected chi connectivity index (χ3v) is 2.62. The molecule has 0 spiro atoms. The van der Waals surface area contributed by atoms with Gasteiger partial charge in [-0.25, -0.2) is 0 Å². The lowest BCUT2D eigenvalue weighted by atomic mass is 10.2. The van der Waals surface area contributed by atoms with E-state index in [1.807, 2.05) is 18.5 Å². The molecule has 0 radical (unpaired) electrons. The predicted octanol–water partition coefficient (Wildman–Crippen LogP) is 0.977. The van der Waals surface area contributed by atoms with Crippen molar-refractivity contribution in [2.24, 2.45) is 0 Å². The molecular formula is C11H14N4O3. The molecule has 7 heteroatoms. The molecule has 96 valence electrons. The number of ether oxygens (including phenoxy) is 1. The second kappa shape index (κ2) is 4.99. The van der Waals surface area contributed by atoms with Crippen LogP contribution in [0.2, 0.25) is 0 Å². The molecule has 0 fully saturated rings. The lowest BCUT2D eigenvalue weighted by Gasteiger charge is -1.98. The van der Waals surface area contributed by atoms with Gasteiger partial charge in [-0.2, -0.15) is 5.10 Å². The Morgan fingerprint density at radius 3 is 2.89 bits per heavy atom. The van der Waals surface area contributed by atoms with Gasteiger partial charge < -0.3 is 9.15 Å². The molecule has 0 aromatic carbocycles. The number of carbonyl (C=O) groups excluding carboxylic acids is 1. The molecular weight excluding hydrogens is 236 g/mol. The normalized spacial score (nSPS) is 10.6. The molecule has 0 amide bonds. The van der Waals surface area contributed by atoms with Crippen molar-refractivity contribution in [3.8, 4) is 11.5 Å². The van der Waals surface area contributed by atoms with E-state index < -0.39 is 5.97 Å². The van der Waals surface area contributed by atoms with Gasteiger partial charge in [0.25, 0.3) is 5.89 Å². The third kappa shape index (κ3) is 2.24. The molecule has 2 aromatic heterocycles. The quantitative estimate of drug-likeness (QED) is 0.752. The fraction of sp³-hybridized carbons (Fsp3) is 0.455. The molecule has 0 saturated heterocycles. The van der Waals surface area contributed by atoms with Crippen molar-refractivity contribution in [1.29, 1.82) is 0 Å². The van der Waals surface area contributed by atoms with E-state index in [1.54, 1.807) is 6.20 Å². The summed E-state index contributed by atoms with van der Waals surface area (Å²) in [5, 5.41) is 11.9. The fourth-order valence-electron chi connectivity index (χ4n) is 1.60. The van der Waals surface area contributed by atoms with Crippen molar-refractivity contribution in [1.82, 2.24) is 20.0 Å². The second-order valence-corrected chi connectivity index (χ2v) is 3.71. The van der Waals surface area contributed by atoms with Gasteiger partial charge in [-0.15, -0.1) is 10.2 Å². The first kappa shape index (κ1) is 12.3. The maximum Gasteiger partial charge on any atom is 0.315 e. The van der Waals surface area contributed by atoms with Gasteiger partial charge in [0.15, 0.2) is 0 Å². The Morgan fingerprint density at radius 1 is 1.50 bits per heavy atom. The summed E-state index contributed by atoms with van der Waals surface area (Å²) in [7, 11) is 1.31. The molecule has 0 saturated carbocycles. The number of rotatable bonds is 4. The average Bonchev–Trinajstić information content (AvgIpc) is 2.95. The van der Waals surface area contributed by atoms with Crippen LogP contribution in [0.1, 0.15) is 18.5 Å². The topological polar surface area (TPSA) is 83.0 Å². The Balaban J connectivity index is 2.23. The zero-order valence-electron chi connectivity index (χ0n) is 10.5. The number of hydrogen-bond donors (Lipinski definition) is 0. The van der Waals surface area contributed by atoms with E-state index in [0.29, 0.717) is 5.89 Å². The Kier molecular flexibility index (Phi) is 3.40. The molecule has 2 heterocycles. The van der Waals surface area contributed by atoms with E-state index >= 15 is 0 Å². The van der Waals surface area contributed by atoms with E-state index in [2.05, 4.69) is 20.0 Å². The van der Waals surface area contributed by atoms with Gasteiger partial charge in [0.2, 0.25) is 5.89 Å². The summed E-state index contributed by atoms with van der Waals surface area (Å²) in [5.74, 6) is 0.192. The molecule has 0 atom stereocenters. The highest BCUT2D eigenvalue weighted by Crippen LogP contribution is 2.21. The summed E-state index contributed by atoms with van der Waals surface area (Å²) >= 11 is 0. The average molecular weight is 250 g/mol. The summed E-state index contributed by atoms with van der Waals surface area (Å²) < 4.78 is 11.8. The van der Waals surface area contributed by atoms with Gasteiger partial charge in [0.1, 0.15) is 6.42 Å². The van der Waals surface area contributed by atoms with Crippen LogP contribution in [0.3, 0.4) is 0 Å². The molecule has 0 aliphatic heterocycles. The number of esters is 1. The standard InChI is InChI=1S/C11H14N4O3/c1-4-15-7(2)8(6-12-15)11-14-13-9(18-11)5-10(16)17-3/h6H,4-5H2,1-3H3. The number of hydrogen-bond acceptors (Lipinski definition) is 6. The lowest BCUT2D eigenvalue weighted by Crippen LogP contribution is -2.04. The largest absolute Gasteiger partial charge is 0.469 e. The van der Waals surface area contributed by atoms with E-state index in [9.17, 15) is 4.79 Å². The lowest BCUT2D eigenvalue weighted by molar-refractivity contribution is -0.140. The van der Waals surface area contributed by atoms with Crippen LogP contribution in [-0.4, -0.2) is 33.1 Å². The first-order valence-corrected chi connectivity index (χ1v) is 5.57.